The van der Waals surface area contributed by atoms with Crippen LogP contribution >= 0.6 is 11.3 Å². The molecular weight excluding hydrogens is 338 g/mol. The Kier molecular flexibility index (Phi) is 5.13. The number of hydrogen-bond donors (Lipinski definition) is 2. The van der Waals surface area contributed by atoms with Crippen LogP contribution < -0.4 is 11.1 Å². The van der Waals surface area contributed by atoms with E-state index in [2.05, 4.69) is 5.32 Å². The first-order valence-corrected chi connectivity index (χ1v) is 9.70. The van der Waals surface area contributed by atoms with E-state index < -0.39 is 5.91 Å². The molecule has 1 aromatic heterocycles. The molecule has 2 saturated carbocycles. The first kappa shape index (κ1) is 17.9. The Bertz CT molecular complexity index is 703. The third-order valence-corrected chi connectivity index (χ3v) is 6.30. The predicted octanol–water partition coefficient (Wildman–Crippen LogP) is 2.58. The molecule has 2 fully saturated rings. The molecule has 2 aliphatic rings. The molecule has 1 heterocycles. The topological polar surface area (TPSA) is 92.5 Å². The fourth-order valence-corrected chi connectivity index (χ4v) is 4.58. The summed E-state index contributed by atoms with van der Waals surface area (Å²) in [6.45, 7) is 3.76. The molecule has 2 aliphatic carbocycles. The standard InChI is InChI=1S/C18H25N3O3S/c1-10-11(2)25-17(15(10)16(19)23)20-14(22)9-21(13-5-3-4-6-13)18(24)12-7-8-12/h12-13H,3-9H2,1-2H3,(H2,19,23)(H,20,22). The maximum absolute atomic E-state index is 12.6. The van der Waals surface area contributed by atoms with Gasteiger partial charge in [0.25, 0.3) is 5.91 Å². The summed E-state index contributed by atoms with van der Waals surface area (Å²) in [5, 5.41) is 3.29. The molecule has 0 aromatic carbocycles. The van der Waals surface area contributed by atoms with Crippen LogP contribution in [0.4, 0.5) is 5.00 Å². The molecular formula is C18H25N3O3S. The SMILES string of the molecule is Cc1sc(NC(=O)CN(C(=O)C2CC2)C2CCCC2)c(C(N)=O)c1C. The van der Waals surface area contributed by atoms with Crippen LogP contribution in [-0.2, 0) is 9.59 Å². The highest BCUT2D eigenvalue weighted by Gasteiger charge is 2.38. The van der Waals surface area contributed by atoms with Crippen LogP contribution in [0.1, 0.15) is 59.3 Å². The molecule has 3 amide bonds. The number of aryl methyl sites for hydroxylation is 1. The third kappa shape index (κ3) is 3.86. The van der Waals surface area contributed by atoms with Crippen molar-refractivity contribution in [3.8, 4) is 0 Å². The molecule has 25 heavy (non-hydrogen) atoms. The van der Waals surface area contributed by atoms with Crippen molar-refractivity contribution in [3.63, 3.8) is 0 Å². The number of primary amides is 1. The van der Waals surface area contributed by atoms with E-state index in [1.807, 2.05) is 13.8 Å². The first-order valence-electron chi connectivity index (χ1n) is 8.88. The Morgan fingerprint density at radius 1 is 1.16 bits per heavy atom. The lowest BCUT2D eigenvalue weighted by molar-refractivity contribution is -0.138. The van der Waals surface area contributed by atoms with Crippen molar-refractivity contribution in [1.82, 2.24) is 4.90 Å². The van der Waals surface area contributed by atoms with E-state index in [9.17, 15) is 14.4 Å². The Morgan fingerprint density at radius 2 is 1.80 bits per heavy atom. The van der Waals surface area contributed by atoms with Gasteiger partial charge in [-0.3, -0.25) is 14.4 Å². The second kappa shape index (κ2) is 7.15. The first-order chi connectivity index (χ1) is 11.9. The minimum Gasteiger partial charge on any atom is -0.365 e. The van der Waals surface area contributed by atoms with Crippen LogP contribution in [0, 0.1) is 19.8 Å². The summed E-state index contributed by atoms with van der Waals surface area (Å²) in [6, 6.07) is 0.168. The Labute approximate surface area is 151 Å². The minimum absolute atomic E-state index is 0.0498. The lowest BCUT2D eigenvalue weighted by Crippen LogP contribution is -2.44. The fraction of sp³-hybridized carbons (Fsp3) is 0.611. The monoisotopic (exact) mass is 363 g/mol. The van der Waals surface area contributed by atoms with Gasteiger partial charge in [0, 0.05) is 16.8 Å². The Hall–Kier alpha value is -1.89. The van der Waals surface area contributed by atoms with Gasteiger partial charge in [-0.1, -0.05) is 12.8 Å². The van der Waals surface area contributed by atoms with E-state index in [0.29, 0.717) is 10.6 Å². The van der Waals surface area contributed by atoms with Crippen LogP contribution in [-0.4, -0.2) is 35.2 Å². The zero-order chi connectivity index (χ0) is 18.1. The van der Waals surface area contributed by atoms with E-state index in [1.54, 1.807) is 4.90 Å². The second-order valence-corrected chi connectivity index (χ2v) is 8.30. The maximum Gasteiger partial charge on any atom is 0.251 e. The number of amides is 3. The molecule has 3 N–H and O–H groups in total. The number of nitrogens with two attached hydrogens (primary N) is 1. The number of thiophene rings is 1. The van der Waals surface area contributed by atoms with E-state index in [-0.39, 0.29) is 30.3 Å². The smallest absolute Gasteiger partial charge is 0.251 e. The molecule has 0 saturated heterocycles. The summed E-state index contributed by atoms with van der Waals surface area (Å²) in [6.07, 6.45) is 6.01. The van der Waals surface area contributed by atoms with Gasteiger partial charge in [-0.25, -0.2) is 0 Å². The molecule has 0 aliphatic heterocycles. The number of nitrogens with zero attached hydrogens (tertiary/aromatic N) is 1. The summed E-state index contributed by atoms with van der Waals surface area (Å²) in [5.41, 5.74) is 6.63. The quantitative estimate of drug-likeness (QED) is 0.813. The van der Waals surface area contributed by atoms with Crippen molar-refractivity contribution < 1.29 is 14.4 Å². The molecule has 6 nitrogen and oxygen atoms in total. The fourth-order valence-electron chi connectivity index (χ4n) is 3.50. The molecule has 136 valence electrons. The van der Waals surface area contributed by atoms with Crippen molar-refractivity contribution in [1.29, 1.82) is 0 Å². The average molecular weight is 363 g/mol. The van der Waals surface area contributed by atoms with Gasteiger partial charge in [0.1, 0.15) is 11.5 Å². The van der Waals surface area contributed by atoms with Gasteiger partial charge in [-0.05, 0) is 45.1 Å². The molecule has 7 heteroatoms. The van der Waals surface area contributed by atoms with Crippen molar-refractivity contribution in [3.05, 3.63) is 16.0 Å². The Morgan fingerprint density at radius 3 is 2.36 bits per heavy atom. The van der Waals surface area contributed by atoms with E-state index >= 15 is 0 Å². The van der Waals surface area contributed by atoms with Crippen LogP contribution in [0.2, 0.25) is 0 Å². The van der Waals surface area contributed by atoms with Gasteiger partial charge in [0.15, 0.2) is 0 Å². The zero-order valence-electron chi connectivity index (χ0n) is 14.8. The number of nitrogens with one attached hydrogen (secondary N) is 1. The lowest BCUT2D eigenvalue weighted by atomic mass is 10.1. The van der Waals surface area contributed by atoms with Gasteiger partial charge in [0.2, 0.25) is 11.8 Å². The maximum atomic E-state index is 12.6. The molecule has 0 radical (unpaired) electrons. The van der Waals surface area contributed by atoms with E-state index in [0.717, 1.165) is 49.0 Å². The summed E-state index contributed by atoms with van der Waals surface area (Å²) in [7, 11) is 0. The lowest BCUT2D eigenvalue weighted by Gasteiger charge is -2.28. The van der Waals surface area contributed by atoms with Gasteiger partial charge in [-0.2, -0.15) is 0 Å². The number of anilines is 1. The summed E-state index contributed by atoms with van der Waals surface area (Å²) < 4.78 is 0. The van der Waals surface area contributed by atoms with E-state index in [4.69, 9.17) is 5.73 Å². The highest BCUT2D eigenvalue weighted by molar-refractivity contribution is 7.16. The predicted molar refractivity (Wildman–Crippen MR) is 97.6 cm³/mol. The second-order valence-electron chi connectivity index (χ2n) is 7.08. The van der Waals surface area contributed by atoms with Crippen LogP contribution in [0.3, 0.4) is 0 Å². The molecule has 0 atom stereocenters. The van der Waals surface area contributed by atoms with Gasteiger partial charge >= 0.3 is 0 Å². The zero-order valence-corrected chi connectivity index (χ0v) is 15.6. The van der Waals surface area contributed by atoms with Crippen LogP contribution in [0.25, 0.3) is 0 Å². The molecule has 0 bridgehead atoms. The van der Waals surface area contributed by atoms with Gasteiger partial charge in [-0.15, -0.1) is 11.3 Å². The third-order valence-electron chi connectivity index (χ3n) is 5.17. The largest absolute Gasteiger partial charge is 0.365 e. The van der Waals surface area contributed by atoms with Crippen LogP contribution in [0.5, 0.6) is 0 Å². The molecule has 3 rings (SSSR count). The van der Waals surface area contributed by atoms with Crippen molar-refractivity contribution >= 4 is 34.1 Å². The van der Waals surface area contributed by atoms with Gasteiger partial charge in [0.05, 0.1) is 5.56 Å². The van der Waals surface area contributed by atoms with Crippen molar-refractivity contribution in [2.75, 3.05) is 11.9 Å². The highest BCUT2D eigenvalue weighted by atomic mass is 32.1. The van der Waals surface area contributed by atoms with Crippen LogP contribution in [0.15, 0.2) is 0 Å². The summed E-state index contributed by atoms with van der Waals surface area (Å²) in [5.74, 6) is -0.597. The number of hydrogen-bond acceptors (Lipinski definition) is 4. The molecule has 1 aromatic rings. The number of rotatable bonds is 6. The molecule has 0 spiro atoms. The highest BCUT2D eigenvalue weighted by Crippen LogP contribution is 2.35. The normalized spacial score (nSPS) is 17.5. The number of carbonyl (C=O) groups is 3. The Balaban J connectivity index is 1.72. The number of carbonyl (C=O) groups excluding carboxylic acids is 3. The molecule has 0 unspecified atom stereocenters. The minimum atomic E-state index is -0.543. The average Bonchev–Trinajstić information content (AvgIpc) is 3.18. The summed E-state index contributed by atoms with van der Waals surface area (Å²) in [4.78, 5) is 39.6. The van der Waals surface area contributed by atoms with E-state index in [1.165, 1.54) is 11.3 Å². The van der Waals surface area contributed by atoms with Crippen molar-refractivity contribution in [2.45, 2.75) is 58.4 Å². The van der Waals surface area contributed by atoms with Crippen molar-refractivity contribution in [2.24, 2.45) is 11.7 Å². The van der Waals surface area contributed by atoms with Gasteiger partial charge < -0.3 is 16.0 Å². The summed E-state index contributed by atoms with van der Waals surface area (Å²) >= 11 is 1.35.